The van der Waals surface area contributed by atoms with Gasteiger partial charge in [0, 0.05) is 16.8 Å². The molecule has 1 aromatic heterocycles. The molecule has 0 saturated heterocycles. The van der Waals surface area contributed by atoms with Crippen molar-refractivity contribution in [2.75, 3.05) is 5.32 Å². The monoisotopic (exact) mass is 374 g/mol. The molecule has 2 aromatic carbocycles. The molecular formula is C23H22N2OS. The van der Waals surface area contributed by atoms with Crippen LogP contribution in [0.5, 0.6) is 0 Å². The number of fused-ring (bicyclic) bond motifs is 1. The summed E-state index contributed by atoms with van der Waals surface area (Å²) in [7, 11) is 0. The second kappa shape index (κ2) is 7.89. The van der Waals surface area contributed by atoms with Crippen LogP contribution in [-0.4, -0.2) is 12.1 Å². The number of nitrogens with zero attached hydrogens (tertiary/aromatic N) is 1. The van der Waals surface area contributed by atoms with Crippen molar-refractivity contribution >= 4 is 34.1 Å². The number of para-hydroxylation sites is 1. The van der Waals surface area contributed by atoms with Crippen LogP contribution in [-0.2, 0) is 12.8 Å². The van der Waals surface area contributed by atoms with Gasteiger partial charge in [0.25, 0.3) is 5.91 Å². The Morgan fingerprint density at radius 1 is 1.11 bits per heavy atom. The second-order valence-electron chi connectivity index (χ2n) is 7.02. The van der Waals surface area contributed by atoms with Crippen molar-refractivity contribution in [3.05, 3.63) is 82.2 Å². The first-order valence-electron chi connectivity index (χ1n) is 9.31. The maximum atomic E-state index is 13.1. The number of nitrogens with one attached hydrogen (secondary N) is 1. The Labute approximate surface area is 163 Å². The molecule has 3 nitrogen and oxygen atoms in total. The molecule has 0 radical (unpaired) electrons. The Morgan fingerprint density at radius 2 is 1.81 bits per heavy atom. The zero-order chi connectivity index (χ0) is 18.6. The lowest BCUT2D eigenvalue weighted by Gasteiger charge is -2.18. The predicted octanol–water partition coefficient (Wildman–Crippen LogP) is 5.88. The molecule has 3 aromatic rings. The number of hydrogen-bond donors (Lipinski definition) is 1. The third-order valence-corrected chi connectivity index (χ3v) is 6.04. The Balaban J connectivity index is 1.69. The highest BCUT2D eigenvalue weighted by Gasteiger charge is 2.27. The van der Waals surface area contributed by atoms with Gasteiger partial charge < -0.3 is 5.32 Å². The molecule has 1 heterocycles. The number of aliphatic imine (C=N–C) groups is 1. The minimum absolute atomic E-state index is 0.0616. The van der Waals surface area contributed by atoms with Gasteiger partial charge in [0.2, 0.25) is 0 Å². The third kappa shape index (κ3) is 4.01. The number of benzene rings is 2. The highest BCUT2D eigenvalue weighted by Crippen LogP contribution is 2.41. The number of hydrogen-bond acceptors (Lipinski definition) is 3. The number of thiophene rings is 1. The maximum absolute atomic E-state index is 13.1. The molecule has 0 aliphatic heterocycles. The molecule has 1 aliphatic carbocycles. The molecule has 0 bridgehead atoms. The average Bonchev–Trinajstić information content (AvgIpc) is 3.05. The van der Waals surface area contributed by atoms with Crippen molar-refractivity contribution in [1.82, 2.24) is 0 Å². The largest absolute Gasteiger partial charge is 0.322 e. The first-order chi connectivity index (χ1) is 13.2. The van der Waals surface area contributed by atoms with E-state index in [-0.39, 0.29) is 5.91 Å². The van der Waals surface area contributed by atoms with Gasteiger partial charge in [-0.2, -0.15) is 0 Å². The summed E-state index contributed by atoms with van der Waals surface area (Å²) in [5.74, 6) is 0.598. The van der Waals surface area contributed by atoms with E-state index in [1.165, 1.54) is 10.4 Å². The van der Waals surface area contributed by atoms with E-state index < -0.39 is 0 Å². The Kier molecular flexibility index (Phi) is 5.16. The number of anilines is 1. The Morgan fingerprint density at radius 3 is 2.56 bits per heavy atom. The van der Waals surface area contributed by atoms with Crippen LogP contribution in [0.1, 0.15) is 39.7 Å². The number of carbonyl (C=O) groups is 1. The molecule has 0 spiro atoms. The van der Waals surface area contributed by atoms with Crippen molar-refractivity contribution in [3.8, 4) is 0 Å². The lowest BCUT2D eigenvalue weighted by molar-refractivity contribution is 0.102. The summed E-state index contributed by atoms with van der Waals surface area (Å²) in [5.41, 5.74) is 3.78. The second-order valence-corrected chi connectivity index (χ2v) is 8.10. The molecule has 1 aliphatic rings. The molecule has 1 atom stereocenters. The van der Waals surface area contributed by atoms with E-state index in [0.29, 0.717) is 5.92 Å². The first-order valence-corrected chi connectivity index (χ1v) is 10.1. The Hall–Kier alpha value is -2.72. The van der Waals surface area contributed by atoms with Crippen LogP contribution in [0.2, 0.25) is 0 Å². The molecule has 136 valence electrons. The zero-order valence-corrected chi connectivity index (χ0v) is 16.1. The predicted molar refractivity (Wildman–Crippen MR) is 114 cm³/mol. The molecule has 1 N–H and O–H groups in total. The first kappa shape index (κ1) is 17.7. The van der Waals surface area contributed by atoms with Gasteiger partial charge in [-0.25, -0.2) is 4.99 Å². The quantitative estimate of drug-likeness (QED) is 0.570. The summed E-state index contributed by atoms with van der Waals surface area (Å²) in [4.78, 5) is 19.1. The van der Waals surface area contributed by atoms with Gasteiger partial charge in [-0.3, -0.25) is 4.79 Å². The van der Waals surface area contributed by atoms with Gasteiger partial charge >= 0.3 is 0 Å². The van der Waals surface area contributed by atoms with Crippen LogP contribution in [0, 0.1) is 5.92 Å². The summed E-state index contributed by atoms with van der Waals surface area (Å²) < 4.78 is 0. The maximum Gasteiger partial charge on any atom is 0.259 e. The zero-order valence-electron chi connectivity index (χ0n) is 15.3. The molecule has 4 heteroatoms. The lowest BCUT2D eigenvalue weighted by atomic mass is 9.88. The molecule has 0 unspecified atom stereocenters. The van der Waals surface area contributed by atoms with E-state index >= 15 is 0 Å². The molecule has 0 saturated carbocycles. The van der Waals surface area contributed by atoms with Gasteiger partial charge in [-0.1, -0.05) is 55.5 Å². The van der Waals surface area contributed by atoms with E-state index in [9.17, 15) is 4.79 Å². The van der Waals surface area contributed by atoms with Crippen LogP contribution in [0.15, 0.2) is 65.7 Å². The standard InChI is InChI=1S/C23H22N2OS/c1-16-12-13-19-20(14-16)27-23(24-15-17-8-4-2-5-9-17)21(19)22(26)25-18-10-6-3-7-11-18/h2-11,15-16H,12-14H2,1H3,(H,25,26)/t16-/m0/s1. The third-order valence-electron chi connectivity index (χ3n) is 4.88. The molecular weight excluding hydrogens is 352 g/mol. The minimum atomic E-state index is -0.0616. The fraction of sp³-hybridized carbons (Fsp3) is 0.217. The fourth-order valence-electron chi connectivity index (χ4n) is 3.45. The SMILES string of the molecule is C[C@H]1CCc2c(sc(N=Cc3ccccc3)c2C(=O)Nc2ccccc2)C1. The van der Waals surface area contributed by atoms with E-state index in [0.717, 1.165) is 41.1 Å². The van der Waals surface area contributed by atoms with E-state index in [1.54, 1.807) is 11.3 Å². The molecule has 4 rings (SSSR count). The fourth-order valence-corrected chi connectivity index (χ4v) is 4.80. The lowest BCUT2D eigenvalue weighted by Crippen LogP contribution is -2.16. The van der Waals surface area contributed by atoms with Crippen molar-refractivity contribution in [1.29, 1.82) is 0 Å². The highest BCUT2D eigenvalue weighted by molar-refractivity contribution is 7.16. The summed E-state index contributed by atoms with van der Waals surface area (Å²) in [6.45, 7) is 2.28. The van der Waals surface area contributed by atoms with Crippen LogP contribution in [0.4, 0.5) is 10.7 Å². The van der Waals surface area contributed by atoms with Gasteiger partial charge in [0.05, 0.1) is 5.56 Å². The topological polar surface area (TPSA) is 41.5 Å². The van der Waals surface area contributed by atoms with E-state index in [1.807, 2.05) is 66.9 Å². The molecule has 27 heavy (non-hydrogen) atoms. The summed E-state index contributed by atoms with van der Waals surface area (Å²) in [6, 6.07) is 19.6. The van der Waals surface area contributed by atoms with Crippen molar-refractivity contribution in [2.45, 2.75) is 26.2 Å². The minimum Gasteiger partial charge on any atom is -0.322 e. The van der Waals surface area contributed by atoms with Gasteiger partial charge in [0.1, 0.15) is 5.00 Å². The van der Waals surface area contributed by atoms with Gasteiger partial charge in [0.15, 0.2) is 0 Å². The van der Waals surface area contributed by atoms with Crippen LogP contribution in [0.3, 0.4) is 0 Å². The van der Waals surface area contributed by atoms with Crippen molar-refractivity contribution < 1.29 is 4.79 Å². The molecule has 0 fully saturated rings. The molecule has 1 amide bonds. The van der Waals surface area contributed by atoms with Crippen LogP contribution in [0.25, 0.3) is 0 Å². The van der Waals surface area contributed by atoms with Gasteiger partial charge in [-0.05, 0) is 48.4 Å². The van der Waals surface area contributed by atoms with E-state index in [2.05, 4.69) is 12.2 Å². The normalized spacial score (nSPS) is 16.3. The average molecular weight is 375 g/mol. The smallest absolute Gasteiger partial charge is 0.259 e. The van der Waals surface area contributed by atoms with E-state index in [4.69, 9.17) is 4.99 Å². The highest BCUT2D eigenvalue weighted by atomic mass is 32.1. The summed E-state index contributed by atoms with van der Waals surface area (Å²) in [5, 5.41) is 3.85. The van der Waals surface area contributed by atoms with Crippen LogP contribution >= 0.6 is 11.3 Å². The van der Waals surface area contributed by atoms with Gasteiger partial charge in [-0.15, -0.1) is 11.3 Å². The number of amides is 1. The van der Waals surface area contributed by atoms with Crippen LogP contribution < -0.4 is 5.32 Å². The summed E-state index contributed by atoms with van der Waals surface area (Å²) in [6.07, 6.45) is 4.95. The number of rotatable bonds is 4. The summed E-state index contributed by atoms with van der Waals surface area (Å²) >= 11 is 1.67. The Bertz CT molecular complexity index is 961. The number of carbonyl (C=O) groups excluding carboxylic acids is 1. The van der Waals surface area contributed by atoms with Crippen molar-refractivity contribution in [2.24, 2.45) is 10.9 Å². The van der Waals surface area contributed by atoms with Crippen molar-refractivity contribution in [3.63, 3.8) is 0 Å².